The lowest BCUT2D eigenvalue weighted by atomic mass is 10.4. The van der Waals surface area contributed by atoms with Crippen LogP contribution in [0.1, 0.15) is 4.88 Å². The molecule has 0 atom stereocenters. The van der Waals surface area contributed by atoms with Crippen molar-refractivity contribution in [1.82, 2.24) is 20.3 Å². The summed E-state index contributed by atoms with van der Waals surface area (Å²) in [5, 5.41) is 20.4. The summed E-state index contributed by atoms with van der Waals surface area (Å²) in [4.78, 5) is 5.56. The number of nitrogens with zero attached hydrogens (tertiary/aromatic N) is 5. The molecule has 0 aliphatic rings. The number of hydrogen-bond acceptors (Lipinski definition) is 8. The monoisotopic (exact) mass is 285 g/mol. The topological polar surface area (TPSA) is 97.7 Å². The predicted octanol–water partition coefficient (Wildman–Crippen LogP) is 2.14. The Hall–Kier alpha value is -2.79. The molecular formula is C12H7N5O2S. The standard InChI is InChI=1S/C12H7N5O2S/c1-18-10-5-3-8(15-16-10)11-14-12(19-17-11)9-4-2-7(6-13)20-9/h2-5H,1H3. The molecule has 0 saturated heterocycles. The zero-order valence-electron chi connectivity index (χ0n) is 10.3. The van der Waals surface area contributed by atoms with Crippen molar-refractivity contribution in [3.8, 4) is 34.2 Å². The lowest BCUT2D eigenvalue weighted by molar-refractivity contribution is 0.392. The molecule has 0 aromatic carbocycles. The van der Waals surface area contributed by atoms with Gasteiger partial charge in [-0.25, -0.2) is 0 Å². The normalized spacial score (nSPS) is 10.2. The van der Waals surface area contributed by atoms with Crippen LogP contribution >= 0.6 is 11.3 Å². The van der Waals surface area contributed by atoms with E-state index in [4.69, 9.17) is 14.5 Å². The molecule has 20 heavy (non-hydrogen) atoms. The van der Waals surface area contributed by atoms with Gasteiger partial charge in [0.25, 0.3) is 5.89 Å². The Bertz CT molecular complexity index is 772. The minimum absolute atomic E-state index is 0.335. The highest BCUT2D eigenvalue weighted by Gasteiger charge is 2.14. The molecule has 3 heterocycles. The minimum Gasteiger partial charge on any atom is -0.480 e. The van der Waals surface area contributed by atoms with Crippen molar-refractivity contribution < 1.29 is 9.26 Å². The van der Waals surface area contributed by atoms with Gasteiger partial charge in [0.05, 0.1) is 12.0 Å². The Morgan fingerprint density at radius 1 is 1.25 bits per heavy atom. The van der Waals surface area contributed by atoms with Crippen LogP contribution in [0.2, 0.25) is 0 Å². The second-order valence-corrected chi connectivity index (χ2v) is 4.74. The summed E-state index contributed by atoms with van der Waals surface area (Å²) in [5.41, 5.74) is 0.484. The Morgan fingerprint density at radius 3 is 2.80 bits per heavy atom. The molecular weight excluding hydrogens is 278 g/mol. The second-order valence-electron chi connectivity index (χ2n) is 3.66. The Morgan fingerprint density at radius 2 is 2.15 bits per heavy atom. The van der Waals surface area contributed by atoms with Gasteiger partial charge in [0.2, 0.25) is 11.7 Å². The predicted molar refractivity (Wildman–Crippen MR) is 69.9 cm³/mol. The van der Waals surface area contributed by atoms with E-state index in [1.807, 2.05) is 0 Å². The number of rotatable bonds is 3. The first-order valence-corrected chi connectivity index (χ1v) is 6.34. The fraction of sp³-hybridized carbons (Fsp3) is 0.0833. The van der Waals surface area contributed by atoms with Crippen LogP contribution < -0.4 is 4.74 Å². The summed E-state index contributed by atoms with van der Waals surface area (Å²) in [6, 6.07) is 8.88. The molecule has 0 radical (unpaired) electrons. The third-order valence-corrected chi connectivity index (χ3v) is 3.41. The van der Waals surface area contributed by atoms with Crippen molar-refractivity contribution in [3.63, 3.8) is 0 Å². The third kappa shape index (κ3) is 2.22. The molecule has 0 unspecified atom stereocenters. The van der Waals surface area contributed by atoms with Gasteiger partial charge in [0, 0.05) is 6.07 Å². The highest BCUT2D eigenvalue weighted by molar-refractivity contribution is 7.15. The van der Waals surface area contributed by atoms with Gasteiger partial charge in [-0.2, -0.15) is 10.2 Å². The molecule has 3 aromatic heterocycles. The molecule has 98 valence electrons. The van der Waals surface area contributed by atoms with Crippen LogP contribution in [0.4, 0.5) is 0 Å². The maximum absolute atomic E-state index is 8.79. The molecule has 0 N–H and O–H groups in total. The molecule has 0 bridgehead atoms. The van der Waals surface area contributed by atoms with Crippen LogP contribution in [0.25, 0.3) is 22.3 Å². The van der Waals surface area contributed by atoms with E-state index in [2.05, 4.69) is 26.4 Å². The maximum Gasteiger partial charge on any atom is 0.268 e. The number of methoxy groups -OCH3 is 1. The SMILES string of the molecule is COc1ccc(-c2noc(-c3ccc(C#N)s3)n2)nn1. The van der Waals surface area contributed by atoms with Gasteiger partial charge in [-0.05, 0) is 18.2 Å². The van der Waals surface area contributed by atoms with Crippen molar-refractivity contribution in [2.24, 2.45) is 0 Å². The number of aromatic nitrogens is 4. The van der Waals surface area contributed by atoms with Gasteiger partial charge < -0.3 is 9.26 Å². The minimum atomic E-state index is 0.335. The maximum atomic E-state index is 8.79. The molecule has 0 amide bonds. The second kappa shape index (κ2) is 5.07. The quantitative estimate of drug-likeness (QED) is 0.727. The van der Waals surface area contributed by atoms with Crippen LogP contribution in [0.15, 0.2) is 28.8 Å². The van der Waals surface area contributed by atoms with E-state index in [-0.39, 0.29) is 0 Å². The van der Waals surface area contributed by atoms with Gasteiger partial charge >= 0.3 is 0 Å². The summed E-state index contributed by atoms with van der Waals surface area (Å²) in [7, 11) is 1.51. The van der Waals surface area contributed by atoms with E-state index in [9.17, 15) is 0 Å². The molecule has 0 aliphatic heterocycles. The van der Waals surface area contributed by atoms with E-state index in [0.717, 1.165) is 4.88 Å². The van der Waals surface area contributed by atoms with Crippen molar-refractivity contribution in [2.45, 2.75) is 0 Å². The van der Waals surface area contributed by atoms with E-state index in [1.54, 1.807) is 24.3 Å². The van der Waals surface area contributed by atoms with Gasteiger partial charge in [0.15, 0.2) is 0 Å². The fourth-order valence-electron chi connectivity index (χ4n) is 1.49. The third-order valence-electron chi connectivity index (χ3n) is 2.43. The van der Waals surface area contributed by atoms with Crippen molar-refractivity contribution in [1.29, 1.82) is 5.26 Å². The lowest BCUT2D eigenvalue weighted by Crippen LogP contribution is -1.92. The summed E-state index contributed by atoms with van der Waals surface area (Å²) >= 11 is 1.29. The molecule has 0 fully saturated rings. The summed E-state index contributed by atoms with van der Waals surface area (Å²) in [5.74, 6) is 1.10. The number of nitriles is 1. The zero-order valence-corrected chi connectivity index (χ0v) is 11.1. The largest absolute Gasteiger partial charge is 0.480 e. The molecule has 0 spiro atoms. The molecule has 3 aromatic rings. The van der Waals surface area contributed by atoms with E-state index in [0.29, 0.717) is 28.2 Å². The zero-order chi connectivity index (χ0) is 13.9. The van der Waals surface area contributed by atoms with Gasteiger partial charge in [-0.1, -0.05) is 5.16 Å². The number of ether oxygens (including phenoxy) is 1. The average Bonchev–Trinajstić information content (AvgIpc) is 3.16. The molecule has 0 saturated carbocycles. The summed E-state index contributed by atoms with van der Waals surface area (Å²) in [6.45, 7) is 0. The first kappa shape index (κ1) is 12.3. The highest BCUT2D eigenvalue weighted by Crippen LogP contribution is 2.27. The lowest BCUT2D eigenvalue weighted by Gasteiger charge is -1.96. The molecule has 7 nitrogen and oxygen atoms in total. The Balaban J connectivity index is 1.91. The van der Waals surface area contributed by atoms with Gasteiger partial charge in [-0.15, -0.1) is 21.5 Å². The first-order chi connectivity index (χ1) is 9.80. The van der Waals surface area contributed by atoms with Crippen LogP contribution in [0, 0.1) is 11.3 Å². The smallest absolute Gasteiger partial charge is 0.268 e. The number of thiophene rings is 1. The Labute approximate surface area is 117 Å². The highest BCUT2D eigenvalue weighted by atomic mass is 32.1. The van der Waals surface area contributed by atoms with Gasteiger partial charge in [0.1, 0.15) is 16.6 Å². The van der Waals surface area contributed by atoms with E-state index in [1.165, 1.54) is 18.4 Å². The average molecular weight is 285 g/mol. The molecule has 3 rings (SSSR count). The van der Waals surface area contributed by atoms with Crippen LogP contribution in [0.5, 0.6) is 5.88 Å². The van der Waals surface area contributed by atoms with Crippen molar-refractivity contribution >= 4 is 11.3 Å². The van der Waals surface area contributed by atoms with Crippen LogP contribution in [-0.2, 0) is 0 Å². The summed E-state index contributed by atoms with van der Waals surface area (Å²) in [6.07, 6.45) is 0. The molecule has 0 aliphatic carbocycles. The van der Waals surface area contributed by atoms with Crippen LogP contribution in [-0.4, -0.2) is 27.4 Å². The Kier molecular flexibility index (Phi) is 3.10. The van der Waals surface area contributed by atoms with Crippen LogP contribution in [0.3, 0.4) is 0 Å². The van der Waals surface area contributed by atoms with Crippen molar-refractivity contribution in [3.05, 3.63) is 29.1 Å². The molecule has 8 heteroatoms. The van der Waals surface area contributed by atoms with Gasteiger partial charge in [-0.3, -0.25) is 0 Å². The fourth-order valence-corrected chi connectivity index (χ4v) is 2.21. The van der Waals surface area contributed by atoms with E-state index < -0.39 is 0 Å². The van der Waals surface area contributed by atoms with E-state index >= 15 is 0 Å². The number of hydrogen-bond donors (Lipinski definition) is 0. The first-order valence-electron chi connectivity index (χ1n) is 5.52. The summed E-state index contributed by atoms with van der Waals surface area (Å²) < 4.78 is 10.1. The van der Waals surface area contributed by atoms with Crippen molar-refractivity contribution in [2.75, 3.05) is 7.11 Å².